The van der Waals surface area contributed by atoms with E-state index >= 15 is 0 Å². The normalized spacial score (nSPS) is 10.3. The topological polar surface area (TPSA) is 109 Å². The van der Waals surface area contributed by atoms with E-state index in [2.05, 4.69) is 15.3 Å². The minimum Gasteiger partial charge on any atom is -0.463 e. The average Bonchev–Trinajstić information content (AvgIpc) is 3.43. The molecule has 0 aliphatic carbocycles. The molecule has 4 aromatic rings. The monoisotopic (exact) mass is 400 g/mol. The van der Waals surface area contributed by atoms with Crippen molar-refractivity contribution in [2.75, 3.05) is 5.32 Å². The number of benzene rings is 1. The third kappa shape index (κ3) is 3.67. The van der Waals surface area contributed by atoms with Crippen molar-refractivity contribution in [2.45, 2.75) is 0 Å². The van der Waals surface area contributed by atoms with Crippen LogP contribution in [0.25, 0.3) is 11.5 Å². The summed E-state index contributed by atoms with van der Waals surface area (Å²) in [4.78, 5) is 34.2. The molecule has 1 aromatic carbocycles. The van der Waals surface area contributed by atoms with Crippen molar-refractivity contribution < 1.29 is 14.0 Å². The summed E-state index contributed by atoms with van der Waals surface area (Å²) in [5.74, 6) is -0.345. The van der Waals surface area contributed by atoms with Crippen molar-refractivity contribution in [3.63, 3.8) is 0 Å². The molecule has 0 saturated heterocycles. The molecule has 7 nitrogen and oxygen atoms in total. The van der Waals surface area contributed by atoms with Crippen molar-refractivity contribution in [3.8, 4) is 17.5 Å². The molecule has 0 bridgehead atoms. The zero-order valence-corrected chi connectivity index (χ0v) is 15.6. The number of furan rings is 1. The van der Waals surface area contributed by atoms with Crippen LogP contribution in [-0.2, 0) is 0 Å². The number of anilines is 1. The van der Waals surface area contributed by atoms with Crippen LogP contribution in [-0.4, -0.2) is 21.7 Å². The summed E-state index contributed by atoms with van der Waals surface area (Å²) in [7, 11) is 0. The maximum atomic E-state index is 13.2. The molecule has 1 amide bonds. The van der Waals surface area contributed by atoms with Gasteiger partial charge in [0.05, 0.1) is 17.9 Å². The smallest absolute Gasteiger partial charge is 0.257 e. The second-order valence-corrected chi connectivity index (χ2v) is 6.85. The molecular weight excluding hydrogens is 388 g/mol. The Morgan fingerprint density at radius 3 is 2.59 bits per heavy atom. The molecular formula is C21H12N4O3S. The minimum atomic E-state index is -0.372. The van der Waals surface area contributed by atoms with Crippen LogP contribution in [0.3, 0.4) is 0 Å². The first-order chi connectivity index (χ1) is 14.2. The number of hydrogen-bond acceptors (Lipinski definition) is 7. The number of rotatable bonds is 5. The molecule has 3 aromatic heterocycles. The van der Waals surface area contributed by atoms with E-state index in [-0.39, 0.29) is 32.8 Å². The predicted octanol–water partition coefficient (Wildman–Crippen LogP) is 4.15. The Morgan fingerprint density at radius 2 is 1.86 bits per heavy atom. The Balaban J connectivity index is 1.74. The van der Waals surface area contributed by atoms with Gasteiger partial charge < -0.3 is 4.42 Å². The predicted molar refractivity (Wildman–Crippen MR) is 107 cm³/mol. The molecule has 3 heterocycles. The Hall–Kier alpha value is -4.09. The van der Waals surface area contributed by atoms with Crippen LogP contribution >= 0.6 is 11.3 Å². The SMILES string of the molecule is N#Cc1ccccc1C(=O)c1sc(NC(=O)c2ccncc2)nc1-c1ccco1. The number of nitriles is 1. The number of hydrogen-bond donors (Lipinski definition) is 1. The lowest BCUT2D eigenvalue weighted by molar-refractivity contribution is 0.102. The fourth-order valence-corrected chi connectivity index (χ4v) is 3.60. The molecule has 0 radical (unpaired) electrons. The number of nitrogens with zero attached hydrogens (tertiary/aromatic N) is 3. The van der Waals surface area contributed by atoms with Gasteiger partial charge in [-0.25, -0.2) is 4.98 Å². The highest BCUT2D eigenvalue weighted by atomic mass is 32.1. The van der Waals surface area contributed by atoms with Crippen LogP contribution in [0.1, 0.15) is 31.2 Å². The molecule has 29 heavy (non-hydrogen) atoms. The van der Waals surface area contributed by atoms with Gasteiger partial charge in [-0.05, 0) is 36.4 Å². The number of pyridine rings is 1. The number of thiazole rings is 1. The molecule has 140 valence electrons. The van der Waals surface area contributed by atoms with Crippen molar-refractivity contribution in [2.24, 2.45) is 0 Å². The molecule has 0 unspecified atom stereocenters. The van der Waals surface area contributed by atoms with Crippen LogP contribution < -0.4 is 5.32 Å². The van der Waals surface area contributed by atoms with Gasteiger partial charge in [-0.1, -0.05) is 23.5 Å². The number of carbonyl (C=O) groups is 2. The number of amides is 1. The fraction of sp³-hybridized carbons (Fsp3) is 0. The Bertz CT molecular complexity index is 1220. The minimum absolute atomic E-state index is 0.246. The van der Waals surface area contributed by atoms with Crippen molar-refractivity contribution in [1.82, 2.24) is 9.97 Å². The molecule has 0 fully saturated rings. The number of ketones is 1. The van der Waals surface area contributed by atoms with E-state index < -0.39 is 0 Å². The molecule has 4 rings (SSSR count). The maximum Gasteiger partial charge on any atom is 0.257 e. The first-order valence-corrected chi connectivity index (χ1v) is 9.29. The van der Waals surface area contributed by atoms with Crippen molar-refractivity contribution in [1.29, 1.82) is 5.26 Å². The summed E-state index contributed by atoms with van der Waals surface area (Å²) in [5.41, 5.74) is 1.25. The zero-order chi connectivity index (χ0) is 20.2. The summed E-state index contributed by atoms with van der Waals surface area (Å²) < 4.78 is 5.41. The molecule has 8 heteroatoms. The first kappa shape index (κ1) is 18.3. The van der Waals surface area contributed by atoms with E-state index in [1.54, 1.807) is 48.5 Å². The third-order valence-corrected chi connectivity index (χ3v) is 5.01. The number of aromatic nitrogens is 2. The van der Waals surface area contributed by atoms with E-state index in [9.17, 15) is 14.9 Å². The largest absolute Gasteiger partial charge is 0.463 e. The van der Waals surface area contributed by atoms with E-state index in [0.717, 1.165) is 11.3 Å². The summed E-state index contributed by atoms with van der Waals surface area (Å²) >= 11 is 1.03. The Labute approximate surface area is 169 Å². The van der Waals surface area contributed by atoms with Gasteiger partial charge in [-0.3, -0.25) is 19.9 Å². The van der Waals surface area contributed by atoms with Crippen LogP contribution in [0, 0.1) is 11.3 Å². The van der Waals surface area contributed by atoms with Crippen molar-refractivity contribution >= 4 is 28.2 Å². The van der Waals surface area contributed by atoms with E-state index in [0.29, 0.717) is 17.0 Å². The summed E-state index contributed by atoms with van der Waals surface area (Å²) in [5, 5.41) is 12.3. The summed E-state index contributed by atoms with van der Waals surface area (Å²) in [6.45, 7) is 0. The van der Waals surface area contributed by atoms with Gasteiger partial charge in [0, 0.05) is 23.5 Å². The summed E-state index contributed by atoms with van der Waals surface area (Å²) in [6, 6.07) is 15.1. The molecule has 0 aliphatic heterocycles. The fourth-order valence-electron chi connectivity index (χ4n) is 2.68. The number of carbonyl (C=O) groups excluding carboxylic acids is 2. The molecule has 0 saturated carbocycles. The van der Waals surface area contributed by atoms with E-state index in [4.69, 9.17) is 4.42 Å². The lowest BCUT2D eigenvalue weighted by Crippen LogP contribution is -2.11. The molecule has 1 N–H and O–H groups in total. The van der Waals surface area contributed by atoms with Gasteiger partial charge >= 0.3 is 0 Å². The van der Waals surface area contributed by atoms with Crippen LogP contribution in [0.5, 0.6) is 0 Å². The van der Waals surface area contributed by atoms with Gasteiger partial charge in [-0.2, -0.15) is 5.26 Å². The van der Waals surface area contributed by atoms with Crippen LogP contribution in [0.15, 0.2) is 71.6 Å². The zero-order valence-electron chi connectivity index (χ0n) is 14.8. The highest BCUT2D eigenvalue weighted by Gasteiger charge is 2.25. The maximum absolute atomic E-state index is 13.2. The quantitative estimate of drug-likeness (QED) is 0.504. The Kier molecular flexibility index (Phi) is 4.97. The third-order valence-electron chi connectivity index (χ3n) is 4.04. The molecule has 0 atom stereocenters. The van der Waals surface area contributed by atoms with Gasteiger partial charge in [0.25, 0.3) is 5.91 Å². The lowest BCUT2D eigenvalue weighted by Gasteiger charge is -2.02. The second-order valence-electron chi connectivity index (χ2n) is 5.85. The molecule has 0 aliphatic rings. The lowest BCUT2D eigenvalue weighted by atomic mass is 10.0. The first-order valence-electron chi connectivity index (χ1n) is 8.47. The Morgan fingerprint density at radius 1 is 1.07 bits per heavy atom. The van der Waals surface area contributed by atoms with Crippen LogP contribution in [0.2, 0.25) is 0 Å². The highest BCUT2D eigenvalue weighted by molar-refractivity contribution is 7.18. The van der Waals surface area contributed by atoms with Gasteiger partial charge in [0.15, 0.2) is 10.9 Å². The highest BCUT2D eigenvalue weighted by Crippen LogP contribution is 2.34. The average molecular weight is 400 g/mol. The van der Waals surface area contributed by atoms with Gasteiger partial charge in [0.1, 0.15) is 10.6 Å². The number of nitrogens with one attached hydrogen (secondary N) is 1. The van der Waals surface area contributed by atoms with E-state index in [1.807, 2.05) is 6.07 Å². The second kappa shape index (κ2) is 7.88. The summed E-state index contributed by atoms with van der Waals surface area (Å²) in [6.07, 6.45) is 4.50. The van der Waals surface area contributed by atoms with E-state index in [1.165, 1.54) is 18.7 Å². The van der Waals surface area contributed by atoms with Crippen molar-refractivity contribution in [3.05, 3.63) is 88.8 Å². The standard InChI is InChI=1S/C21H12N4O3S/c22-12-14-4-1-2-5-15(14)18(26)19-17(16-6-3-11-28-16)24-21(29-19)25-20(27)13-7-9-23-10-8-13/h1-11H,(H,24,25,27). The van der Waals surface area contributed by atoms with Gasteiger partial charge in [0.2, 0.25) is 5.78 Å². The molecule has 0 spiro atoms. The van der Waals surface area contributed by atoms with Gasteiger partial charge in [-0.15, -0.1) is 0 Å². The van der Waals surface area contributed by atoms with Crippen LogP contribution in [0.4, 0.5) is 5.13 Å².